The zero-order valence-corrected chi connectivity index (χ0v) is 10.1. The van der Waals surface area contributed by atoms with Crippen molar-refractivity contribution < 1.29 is 9.47 Å². The summed E-state index contributed by atoms with van der Waals surface area (Å²) in [5, 5.41) is 0. The topological polar surface area (TPSA) is 36.3 Å². The van der Waals surface area contributed by atoms with E-state index in [1.165, 1.54) is 6.42 Å². The summed E-state index contributed by atoms with van der Waals surface area (Å²) in [7, 11) is 0. The molecular formula is C10H15BrN2O2. The maximum absolute atomic E-state index is 5.61. The molecule has 5 heteroatoms. The minimum absolute atomic E-state index is 0.00529. The second-order valence-electron chi connectivity index (χ2n) is 3.60. The van der Waals surface area contributed by atoms with Crippen LogP contribution in [0.5, 0.6) is 0 Å². The SMILES string of the molecule is Brc1cn(CCO[C@@H]2CCCCO2)cn1. The Bertz CT molecular complexity index is 297. The van der Waals surface area contributed by atoms with Crippen molar-refractivity contribution >= 4 is 15.9 Å². The van der Waals surface area contributed by atoms with Crippen molar-refractivity contribution in [2.45, 2.75) is 32.1 Å². The lowest BCUT2D eigenvalue weighted by molar-refractivity contribution is -0.163. The third-order valence-electron chi connectivity index (χ3n) is 2.39. The summed E-state index contributed by atoms with van der Waals surface area (Å²) >= 11 is 3.30. The maximum atomic E-state index is 5.61. The molecule has 0 aromatic carbocycles. The van der Waals surface area contributed by atoms with E-state index in [9.17, 15) is 0 Å². The number of imidazole rings is 1. The summed E-state index contributed by atoms with van der Waals surface area (Å²) in [6.07, 6.45) is 7.12. The largest absolute Gasteiger partial charge is 0.353 e. The minimum atomic E-state index is 0.00529. The smallest absolute Gasteiger partial charge is 0.157 e. The lowest BCUT2D eigenvalue weighted by atomic mass is 10.2. The van der Waals surface area contributed by atoms with Gasteiger partial charge < -0.3 is 14.0 Å². The number of rotatable bonds is 4. The quantitative estimate of drug-likeness (QED) is 0.845. The van der Waals surface area contributed by atoms with Crippen molar-refractivity contribution in [1.82, 2.24) is 9.55 Å². The first-order chi connectivity index (χ1) is 7.34. The highest BCUT2D eigenvalue weighted by Gasteiger charge is 2.13. The van der Waals surface area contributed by atoms with Gasteiger partial charge in [-0.1, -0.05) is 0 Å². The van der Waals surface area contributed by atoms with Crippen molar-refractivity contribution in [2.24, 2.45) is 0 Å². The van der Waals surface area contributed by atoms with E-state index in [2.05, 4.69) is 20.9 Å². The van der Waals surface area contributed by atoms with Crippen LogP contribution in [-0.2, 0) is 16.0 Å². The van der Waals surface area contributed by atoms with Gasteiger partial charge in [-0.2, -0.15) is 0 Å². The summed E-state index contributed by atoms with van der Waals surface area (Å²) in [5.41, 5.74) is 0. The fourth-order valence-electron chi connectivity index (χ4n) is 1.59. The van der Waals surface area contributed by atoms with Gasteiger partial charge in [0.05, 0.1) is 12.9 Å². The monoisotopic (exact) mass is 274 g/mol. The Kier molecular flexibility index (Phi) is 4.17. The fraction of sp³-hybridized carbons (Fsp3) is 0.700. The molecule has 0 amide bonds. The van der Waals surface area contributed by atoms with Crippen LogP contribution < -0.4 is 0 Å². The first-order valence-corrected chi connectivity index (χ1v) is 6.04. The highest BCUT2D eigenvalue weighted by Crippen LogP contribution is 2.13. The van der Waals surface area contributed by atoms with Crippen LogP contribution in [0.4, 0.5) is 0 Å². The van der Waals surface area contributed by atoms with Crippen LogP contribution in [0.2, 0.25) is 0 Å². The molecule has 1 saturated heterocycles. The van der Waals surface area contributed by atoms with E-state index in [1.54, 1.807) is 6.33 Å². The van der Waals surface area contributed by atoms with Crippen LogP contribution in [0.25, 0.3) is 0 Å². The zero-order valence-electron chi connectivity index (χ0n) is 8.56. The van der Waals surface area contributed by atoms with Crippen molar-refractivity contribution in [1.29, 1.82) is 0 Å². The summed E-state index contributed by atoms with van der Waals surface area (Å²) < 4.78 is 13.9. The molecule has 1 aliphatic heterocycles. The molecule has 2 rings (SSSR count). The van der Waals surface area contributed by atoms with Gasteiger partial charge in [0, 0.05) is 19.3 Å². The molecule has 0 saturated carbocycles. The van der Waals surface area contributed by atoms with Crippen molar-refractivity contribution in [3.63, 3.8) is 0 Å². The molecule has 0 aliphatic carbocycles. The average Bonchev–Trinajstić information content (AvgIpc) is 2.66. The molecular weight excluding hydrogens is 260 g/mol. The Morgan fingerprint density at radius 2 is 2.53 bits per heavy atom. The Balaban J connectivity index is 1.65. The van der Waals surface area contributed by atoms with Gasteiger partial charge in [-0.3, -0.25) is 0 Å². The molecule has 0 bridgehead atoms. The lowest BCUT2D eigenvalue weighted by Gasteiger charge is -2.22. The highest BCUT2D eigenvalue weighted by molar-refractivity contribution is 9.10. The predicted molar refractivity (Wildman–Crippen MR) is 59.5 cm³/mol. The third-order valence-corrected chi connectivity index (χ3v) is 2.80. The Morgan fingerprint density at radius 1 is 1.60 bits per heavy atom. The molecule has 0 unspecified atom stereocenters. The molecule has 1 fully saturated rings. The molecule has 1 aliphatic rings. The summed E-state index contributed by atoms with van der Waals surface area (Å²) in [5.74, 6) is 0. The molecule has 2 heterocycles. The fourth-order valence-corrected chi connectivity index (χ4v) is 1.94. The second-order valence-corrected chi connectivity index (χ2v) is 4.41. The minimum Gasteiger partial charge on any atom is -0.353 e. The van der Waals surface area contributed by atoms with Gasteiger partial charge in [-0.05, 0) is 35.2 Å². The molecule has 0 radical (unpaired) electrons. The Hall–Kier alpha value is -0.390. The van der Waals surface area contributed by atoms with E-state index in [-0.39, 0.29) is 6.29 Å². The third kappa shape index (κ3) is 3.59. The van der Waals surface area contributed by atoms with E-state index in [1.807, 2.05) is 10.8 Å². The van der Waals surface area contributed by atoms with E-state index in [0.717, 1.165) is 30.6 Å². The van der Waals surface area contributed by atoms with Gasteiger partial charge in [0.1, 0.15) is 4.60 Å². The molecule has 0 spiro atoms. The number of ether oxygens (including phenoxy) is 2. The summed E-state index contributed by atoms with van der Waals surface area (Å²) in [6, 6.07) is 0. The van der Waals surface area contributed by atoms with Crippen LogP contribution in [0.3, 0.4) is 0 Å². The van der Waals surface area contributed by atoms with E-state index in [0.29, 0.717) is 6.61 Å². The highest BCUT2D eigenvalue weighted by atomic mass is 79.9. The second kappa shape index (κ2) is 5.63. The molecule has 1 aromatic rings. The number of nitrogens with zero attached hydrogens (tertiary/aromatic N) is 2. The van der Waals surface area contributed by atoms with Crippen molar-refractivity contribution in [3.8, 4) is 0 Å². The molecule has 0 N–H and O–H groups in total. The standard InChI is InChI=1S/C10H15BrN2O2/c11-9-7-13(8-12-9)4-6-15-10-3-1-2-5-14-10/h7-8,10H,1-6H2/t10-/m1/s1. The van der Waals surface area contributed by atoms with Gasteiger partial charge in [0.25, 0.3) is 0 Å². The number of halogens is 1. The predicted octanol–water partition coefficient (Wildman–Crippen LogP) is 2.19. The van der Waals surface area contributed by atoms with E-state index in [4.69, 9.17) is 9.47 Å². The number of hydrogen-bond acceptors (Lipinski definition) is 3. The van der Waals surface area contributed by atoms with Gasteiger partial charge >= 0.3 is 0 Å². The molecule has 4 nitrogen and oxygen atoms in total. The van der Waals surface area contributed by atoms with Gasteiger partial charge in [-0.15, -0.1) is 0 Å². The molecule has 1 aromatic heterocycles. The zero-order chi connectivity index (χ0) is 10.5. The van der Waals surface area contributed by atoms with Crippen molar-refractivity contribution in [2.75, 3.05) is 13.2 Å². The van der Waals surface area contributed by atoms with Gasteiger partial charge in [0.2, 0.25) is 0 Å². The van der Waals surface area contributed by atoms with E-state index < -0.39 is 0 Å². The molecule has 1 atom stereocenters. The number of aromatic nitrogens is 2. The lowest BCUT2D eigenvalue weighted by Crippen LogP contribution is -2.23. The first kappa shape index (κ1) is 11.1. The Labute approximate surface area is 97.7 Å². The van der Waals surface area contributed by atoms with Crippen LogP contribution in [0, 0.1) is 0 Å². The maximum Gasteiger partial charge on any atom is 0.157 e. The molecule has 84 valence electrons. The van der Waals surface area contributed by atoms with Gasteiger partial charge in [0.15, 0.2) is 6.29 Å². The summed E-state index contributed by atoms with van der Waals surface area (Å²) in [6.45, 7) is 2.33. The average molecular weight is 275 g/mol. The normalized spacial score (nSPS) is 21.8. The van der Waals surface area contributed by atoms with Crippen LogP contribution in [0.15, 0.2) is 17.1 Å². The van der Waals surface area contributed by atoms with Crippen LogP contribution in [0.1, 0.15) is 19.3 Å². The van der Waals surface area contributed by atoms with Gasteiger partial charge in [-0.25, -0.2) is 4.98 Å². The number of hydrogen-bond donors (Lipinski definition) is 0. The Morgan fingerprint density at radius 3 is 3.20 bits per heavy atom. The van der Waals surface area contributed by atoms with Crippen LogP contribution in [-0.4, -0.2) is 29.1 Å². The van der Waals surface area contributed by atoms with E-state index >= 15 is 0 Å². The summed E-state index contributed by atoms with van der Waals surface area (Å²) in [4.78, 5) is 4.07. The van der Waals surface area contributed by atoms with Crippen molar-refractivity contribution in [3.05, 3.63) is 17.1 Å². The first-order valence-electron chi connectivity index (χ1n) is 5.25. The molecule has 15 heavy (non-hydrogen) atoms. The van der Waals surface area contributed by atoms with Crippen LogP contribution >= 0.6 is 15.9 Å².